The molecule has 25 heavy (non-hydrogen) atoms. The average molecular weight is 459 g/mol. The summed E-state index contributed by atoms with van der Waals surface area (Å²) in [4.78, 5) is 7.04. The number of hydrogen-bond donors (Lipinski definition) is 2. The molecule has 1 aromatic carbocycles. The lowest BCUT2D eigenvalue weighted by Gasteiger charge is -2.32. The Balaban J connectivity index is 0.00000312. The van der Waals surface area contributed by atoms with E-state index >= 15 is 0 Å². The van der Waals surface area contributed by atoms with Crippen molar-refractivity contribution in [3.8, 4) is 0 Å². The molecular formula is C20H34IN3O. The zero-order valence-electron chi connectivity index (χ0n) is 15.9. The number of nitrogens with zero attached hydrogens (tertiary/aromatic N) is 2. The van der Waals surface area contributed by atoms with Gasteiger partial charge in [-0.05, 0) is 49.7 Å². The smallest absolute Gasteiger partial charge is 0.193 e. The van der Waals surface area contributed by atoms with Crippen molar-refractivity contribution in [2.24, 2.45) is 4.99 Å². The number of likely N-dealkylation sites (tertiary alicyclic amines) is 1. The van der Waals surface area contributed by atoms with E-state index in [1.54, 1.807) is 0 Å². The third-order valence-electron chi connectivity index (χ3n) is 4.63. The molecule has 1 aliphatic rings. The topological polar surface area (TPSA) is 47.9 Å². The Morgan fingerprint density at radius 1 is 1.24 bits per heavy atom. The minimum absolute atomic E-state index is 0. The molecule has 0 unspecified atom stereocenters. The molecule has 1 fully saturated rings. The highest BCUT2D eigenvalue weighted by molar-refractivity contribution is 14.0. The quantitative estimate of drug-likeness (QED) is 0.295. The van der Waals surface area contributed by atoms with Crippen LogP contribution in [0.15, 0.2) is 29.3 Å². The van der Waals surface area contributed by atoms with Crippen LogP contribution in [0.2, 0.25) is 0 Å². The first kappa shape index (κ1) is 22.2. The van der Waals surface area contributed by atoms with Crippen LogP contribution in [0.25, 0.3) is 0 Å². The fourth-order valence-corrected chi connectivity index (χ4v) is 3.04. The lowest BCUT2D eigenvalue weighted by Crippen LogP contribution is -2.46. The second kappa shape index (κ2) is 11.7. The first-order valence-electron chi connectivity index (χ1n) is 9.40. The molecule has 5 heteroatoms. The molecule has 0 bridgehead atoms. The number of aliphatic imine (C=N–C) groups is 1. The fourth-order valence-electron chi connectivity index (χ4n) is 3.04. The van der Waals surface area contributed by atoms with E-state index in [2.05, 4.69) is 55.3 Å². The second-order valence-corrected chi connectivity index (χ2v) is 6.95. The molecule has 0 spiro atoms. The van der Waals surface area contributed by atoms with Crippen molar-refractivity contribution in [3.63, 3.8) is 0 Å². The number of aryl methyl sites for hydroxylation is 1. The van der Waals surface area contributed by atoms with Crippen molar-refractivity contribution < 1.29 is 5.11 Å². The van der Waals surface area contributed by atoms with Gasteiger partial charge in [-0.2, -0.15) is 0 Å². The monoisotopic (exact) mass is 459 g/mol. The van der Waals surface area contributed by atoms with E-state index in [0.717, 1.165) is 57.8 Å². The van der Waals surface area contributed by atoms with Crippen molar-refractivity contribution in [1.29, 1.82) is 0 Å². The van der Waals surface area contributed by atoms with E-state index in [1.165, 1.54) is 11.1 Å². The van der Waals surface area contributed by atoms with Crippen LogP contribution in [0.3, 0.4) is 0 Å². The van der Waals surface area contributed by atoms with Gasteiger partial charge in [0.25, 0.3) is 0 Å². The van der Waals surface area contributed by atoms with E-state index in [0.29, 0.717) is 5.92 Å². The van der Waals surface area contributed by atoms with E-state index in [9.17, 15) is 5.11 Å². The maximum Gasteiger partial charge on any atom is 0.193 e. The van der Waals surface area contributed by atoms with Gasteiger partial charge >= 0.3 is 0 Å². The van der Waals surface area contributed by atoms with Crippen LogP contribution in [0.4, 0.5) is 0 Å². The van der Waals surface area contributed by atoms with Gasteiger partial charge in [0.05, 0.1) is 6.10 Å². The number of rotatable bonds is 6. The van der Waals surface area contributed by atoms with Gasteiger partial charge in [0, 0.05) is 26.2 Å². The van der Waals surface area contributed by atoms with Crippen molar-refractivity contribution in [2.75, 3.05) is 26.2 Å². The molecule has 0 atom stereocenters. The summed E-state index contributed by atoms with van der Waals surface area (Å²) in [6.07, 6.45) is 3.67. The van der Waals surface area contributed by atoms with Crippen molar-refractivity contribution in [2.45, 2.75) is 58.5 Å². The molecule has 1 saturated heterocycles. The van der Waals surface area contributed by atoms with Crippen LogP contribution in [0.1, 0.15) is 57.1 Å². The number of benzene rings is 1. The third-order valence-corrected chi connectivity index (χ3v) is 4.63. The van der Waals surface area contributed by atoms with Crippen molar-refractivity contribution in [1.82, 2.24) is 10.2 Å². The van der Waals surface area contributed by atoms with Crippen molar-refractivity contribution in [3.05, 3.63) is 35.4 Å². The van der Waals surface area contributed by atoms with Gasteiger partial charge in [-0.25, -0.2) is 0 Å². The van der Waals surface area contributed by atoms with Gasteiger partial charge in [-0.3, -0.25) is 4.99 Å². The Kier molecular flexibility index (Phi) is 10.4. The Morgan fingerprint density at radius 3 is 2.44 bits per heavy atom. The minimum atomic E-state index is -0.141. The number of hydrogen-bond acceptors (Lipinski definition) is 2. The van der Waals surface area contributed by atoms with Gasteiger partial charge in [-0.15, -0.1) is 24.0 Å². The molecule has 2 N–H and O–H groups in total. The van der Waals surface area contributed by atoms with Gasteiger partial charge in [-0.1, -0.05) is 38.1 Å². The highest BCUT2D eigenvalue weighted by Gasteiger charge is 2.19. The molecule has 4 nitrogen and oxygen atoms in total. The van der Waals surface area contributed by atoms with Gasteiger partial charge in [0.15, 0.2) is 5.96 Å². The number of aliphatic hydroxyl groups excluding tert-OH is 1. The standard InChI is InChI=1S/C20H33N3O.HI/c1-4-21-20(23-14-11-19(24)12-15-23)22-13-5-6-17-7-9-18(10-8-17)16(2)3;/h7-10,16,19,24H,4-6,11-15H2,1-3H3,(H,21,22);1H. The highest BCUT2D eigenvalue weighted by atomic mass is 127. The summed E-state index contributed by atoms with van der Waals surface area (Å²) in [6.45, 7) is 10.1. The molecule has 1 heterocycles. The summed E-state index contributed by atoms with van der Waals surface area (Å²) in [5, 5.41) is 13.0. The molecule has 0 saturated carbocycles. The molecule has 0 amide bonds. The fraction of sp³-hybridized carbons (Fsp3) is 0.650. The Bertz CT molecular complexity index is 508. The number of aliphatic hydroxyl groups is 1. The van der Waals surface area contributed by atoms with Crippen LogP contribution >= 0.6 is 24.0 Å². The number of piperidine rings is 1. The summed E-state index contributed by atoms with van der Waals surface area (Å²) in [5.74, 6) is 1.59. The maximum absolute atomic E-state index is 9.65. The van der Waals surface area contributed by atoms with E-state index < -0.39 is 0 Å². The van der Waals surface area contributed by atoms with Crippen LogP contribution < -0.4 is 5.32 Å². The number of nitrogens with one attached hydrogen (secondary N) is 1. The molecule has 142 valence electrons. The van der Waals surface area contributed by atoms with E-state index in [4.69, 9.17) is 4.99 Å². The summed E-state index contributed by atoms with van der Waals surface area (Å²) < 4.78 is 0. The molecule has 0 radical (unpaired) electrons. The second-order valence-electron chi connectivity index (χ2n) is 6.95. The molecule has 1 aliphatic heterocycles. The molecule has 0 aromatic heterocycles. The van der Waals surface area contributed by atoms with Gasteiger partial charge in [0.2, 0.25) is 0 Å². The SMILES string of the molecule is CCNC(=NCCCc1ccc(C(C)C)cc1)N1CCC(O)CC1.I. The lowest BCUT2D eigenvalue weighted by atomic mass is 10.0. The number of halogens is 1. The summed E-state index contributed by atoms with van der Waals surface area (Å²) >= 11 is 0. The third kappa shape index (κ3) is 7.52. The first-order valence-corrected chi connectivity index (χ1v) is 9.40. The number of guanidine groups is 1. The molecular weight excluding hydrogens is 425 g/mol. The predicted octanol–water partition coefficient (Wildman–Crippen LogP) is 3.78. The van der Waals surface area contributed by atoms with Crippen LogP contribution in [0, 0.1) is 0 Å². The average Bonchev–Trinajstić information content (AvgIpc) is 2.59. The van der Waals surface area contributed by atoms with Crippen LogP contribution in [0.5, 0.6) is 0 Å². The van der Waals surface area contributed by atoms with Gasteiger partial charge < -0.3 is 15.3 Å². The lowest BCUT2D eigenvalue weighted by molar-refractivity contribution is 0.108. The first-order chi connectivity index (χ1) is 11.6. The Labute approximate surface area is 170 Å². The maximum atomic E-state index is 9.65. The normalized spacial score (nSPS) is 16.0. The summed E-state index contributed by atoms with van der Waals surface area (Å²) in [5.41, 5.74) is 2.79. The molecule has 0 aliphatic carbocycles. The Hall–Kier alpha value is -0.820. The molecule has 1 aromatic rings. The summed E-state index contributed by atoms with van der Waals surface area (Å²) in [6, 6.07) is 8.98. The van der Waals surface area contributed by atoms with Crippen LogP contribution in [-0.2, 0) is 6.42 Å². The minimum Gasteiger partial charge on any atom is -0.393 e. The zero-order chi connectivity index (χ0) is 17.4. The zero-order valence-corrected chi connectivity index (χ0v) is 18.2. The van der Waals surface area contributed by atoms with E-state index in [-0.39, 0.29) is 30.1 Å². The highest BCUT2D eigenvalue weighted by Crippen LogP contribution is 2.15. The van der Waals surface area contributed by atoms with Gasteiger partial charge in [0.1, 0.15) is 0 Å². The largest absolute Gasteiger partial charge is 0.393 e. The van der Waals surface area contributed by atoms with Crippen molar-refractivity contribution >= 4 is 29.9 Å². The van der Waals surface area contributed by atoms with Crippen LogP contribution in [-0.4, -0.2) is 48.2 Å². The summed E-state index contributed by atoms with van der Waals surface area (Å²) in [7, 11) is 0. The Morgan fingerprint density at radius 2 is 1.88 bits per heavy atom. The predicted molar refractivity (Wildman–Crippen MR) is 117 cm³/mol. The molecule has 2 rings (SSSR count). The van der Waals surface area contributed by atoms with E-state index in [1.807, 2.05) is 0 Å².